The van der Waals surface area contributed by atoms with Gasteiger partial charge in [-0.25, -0.2) is 0 Å². The van der Waals surface area contributed by atoms with Gasteiger partial charge in [0.1, 0.15) is 0 Å². The van der Waals surface area contributed by atoms with Crippen molar-refractivity contribution >= 4 is 22.7 Å². The first-order valence-corrected chi connectivity index (χ1v) is 11.6. The van der Waals surface area contributed by atoms with Crippen LogP contribution in [0.2, 0.25) is 0 Å². The molecule has 2 amide bonds. The van der Waals surface area contributed by atoms with E-state index in [9.17, 15) is 9.59 Å². The lowest BCUT2D eigenvalue weighted by Crippen LogP contribution is -2.53. The standard InChI is InChI=1S/C25H34N4O2/c1-18(2)23-16-21(20-9-4-5-10-22(20)26-23)25(31)28-14-12-27(13-15-28)17-24(30)29-11-7-6-8-19(29)3/h4-5,9-10,16,18-19H,6-8,11-15,17H2,1-3H3. The van der Waals surface area contributed by atoms with Crippen molar-refractivity contribution in [3.63, 3.8) is 0 Å². The Bertz CT molecular complexity index is 950. The van der Waals surface area contributed by atoms with Crippen LogP contribution >= 0.6 is 0 Å². The Labute approximate surface area is 185 Å². The van der Waals surface area contributed by atoms with E-state index in [2.05, 4.69) is 25.7 Å². The van der Waals surface area contributed by atoms with Crippen LogP contribution in [0.3, 0.4) is 0 Å². The molecular weight excluding hydrogens is 388 g/mol. The van der Waals surface area contributed by atoms with E-state index in [0.717, 1.165) is 54.6 Å². The smallest absolute Gasteiger partial charge is 0.254 e. The number of hydrogen-bond acceptors (Lipinski definition) is 4. The van der Waals surface area contributed by atoms with Crippen molar-refractivity contribution in [2.24, 2.45) is 0 Å². The molecular formula is C25H34N4O2. The highest BCUT2D eigenvalue weighted by Crippen LogP contribution is 2.24. The van der Waals surface area contributed by atoms with Crippen LogP contribution in [0, 0.1) is 0 Å². The maximum atomic E-state index is 13.4. The van der Waals surface area contributed by atoms with E-state index in [0.29, 0.717) is 25.7 Å². The minimum absolute atomic E-state index is 0.0659. The molecule has 31 heavy (non-hydrogen) atoms. The van der Waals surface area contributed by atoms with Gasteiger partial charge in [-0.2, -0.15) is 0 Å². The Balaban J connectivity index is 1.42. The molecule has 0 bridgehead atoms. The number of hydrogen-bond donors (Lipinski definition) is 0. The molecule has 2 aliphatic heterocycles. The van der Waals surface area contributed by atoms with Crippen molar-refractivity contribution in [1.29, 1.82) is 0 Å². The van der Waals surface area contributed by atoms with E-state index >= 15 is 0 Å². The molecule has 2 aromatic rings. The molecule has 0 radical (unpaired) electrons. The topological polar surface area (TPSA) is 56.8 Å². The predicted molar refractivity (Wildman–Crippen MR) is 123 cm³/mol. The molecule has 4 rings (SSSR count). The SMILES string of the molecule is CC(C)c1cc(C(=O)N2CCN(CC(=O)N3CCCCC3C)CC2)c2ccccc2n1. The predicted octanol–water partition coefficient (Wildman–Crippen LogP) is 3.52. The second-order valence-corrected chi connectivity index (χ2v) is 9.27. The first-order valence-electron chi connectivity index (χ1n) is 11.6. The molecule has 6 nitrogen and oxygen atoms in total. The van der Waals surface area contributed by atoms with Crippen LogP contribution in [0.15, 0.2) is 30.3 Å². The molecule has 3 heterocycles. The second-order valence-electron chi connectivity index (χ2n) is 9.27. The summed E-state index contributed by atoms with van der Waals surface area (Å²) in [5, 5.41) is 0.911. The zero-order chi connectivity index (χ0) is 22.0. The van der Waals surface area contributed by atoms with Crippen LogP contribution in [0.5, 0.6) is 0 Å². The zero-order valence-corrected chi connectivity index (χ0v) is 19.0. The maximum Gasteiger partial charge on any atom is 0.254 e. The van der Waals surface area contributed by atoms with Crippen LogP contribution in [-0.2, 0) is 4.79 Å². The number of para-hydroxylation sites is 1. The highest BCUT2D eigenvalue weighted by Gasteiger charge is 2.28. The summed E-state index contributed by atoms with van der Waals surface area (Å²) in [6, 6.07) is 10.2. The molecule has 2 saturated heterocycles. The Hall–Kier alpha value is -2.47. The fourth-order valence-electron chi connectivity index (χ4n) is 4.70. The number of carbonyl (C=O) groups excluding carboxylic acids is 2. The average Bonchev–Trinajstić information content (AvgIpc) is 2.78. The van der Waals surface area contributed by atoms with Gasteiger partial charge in [0.25, 0.3) is 5.91 Å². The van der Waals surface area contributed by atoms with Crippen molar-refractivity contribution in [1.82, 2.24) is 19.7 Å². The van der Waals surface area contributed by atoms with Crippen molar-refractivity contribution in [3.05, 3.63) is 41.6 Å². The number of rotatable bonds is 4. The number of fused-ring (bicyclic) bond motifs is 1. The highest BCUT2D eigenvalue weighted by atomic mass is 16.2. The van der Waals surface area contributed by atoms with E-state index in [1.54, 1.807) is 0 Å². The molecule has 1 aromatic heterocycles. The largest absolute Gasteiger partial charge is 0.339 e. The molecule has 1 unspecified atom stereocenters. The minimum Gasteiger partial charge on any atom is -0.339 e. The van der Waals surface area contributed by atoms with Gasteiger partial charge in [-0.3, -0.25) is 19.5 Å². The van der Waals surface area contributed by atoms with E-state index in [-0.39, 0.29) is 17.7 Å². The number of nitrogens with zero attached hydrogens (tertiary/aromatic N) is 4. The molecule has 0 N–H and O–H groups in total. The number of piperidine rings is 1. The number of amides is 2. The average molecular weight is 423 g/mol. The number of likely N-dealkylation sites (tertiary alicyclic amines) is 1. The number of aromatic nitrogens is 1. The lowest BCUT2D eigenvalue weighted by Gasteiger charge is -2.38. The summed E-state index contributed by atoms with van der Waals surface area (Å²) in [6.07, 6.45) is 3.43. The molecule has 2 fully saturated rings. The Morgan fingerprint density at radius 3 is 2.52 bits per heavy atom. The van der Waals surface area contributed by atoms with Gasteiger partial charge in [-0.1, -0.05) is 32.0 Å². The molecule has 1 atom stereocenters. The van der Waals surface area contributed by atoms with E-state index in [1.165, 1.54) is 6.42 Å². The Kier molecular flexibility index (Phi) is 6.56. The van der Waals surface area contributed by atoms with Crippen molar-refractivity contribution < 1.29 is 9.59 Å². The molecule has 166 valence electrons. The number of carbonyl (C=O) groups is 2. The van der Waals surface area contributed by atoms with Gasteiger partial charge in [0.05, 0.1) is 17.6 Å². The zero-order valence-electron chi connectivity index (χ0n) is 19.0. The summed E-state index contributed by atoms with van der Waals surface area (Å²) < 4.78 is 0. The van der Waals surface area contributed by atoms with Gasteiger partial charge in [0.2, 0.25) is 5.91 Å². The summed E-state index contributed by atoms with van der Waals surface area (Å²) in [5.74, 6) is 0.556. The molecule has 0 saturated carbocycles. The first kappa shape index (κ1) is 21.8. The van der Waals surface area contributed by atoms with Gasteiger partial charge in [0, 0.05) is 49.8 Å². The number of piperazine rings is 1. The number of pyridine rings is 1. The molecule has 1 aromatic carbocycles. The Morgan fingerprint density at radius 1 is 1.06 bits per heavy atom. The third-order valence-corrected chi connectivity index (χ3v) is 6.70. The summed E-state index contributed by atoms with van der Waals surface area (Å²) in [6.45, 7) is 10.5. The first-order chi connectivity index (χ1) is 14.9. The minimum atomic E-state index is 0.0659. The highest BCUT2D eigenvalue weighted by molar-refractivity contribution is 6.06. The van der Waals surface area contributed by atoms with Gasteiger partial charge in [-0.15, -0.1) is 0 Å². The van der Waals surface area contributed by atoms with Crippen LogP contribution in [-0.4, -0.2) is 76.8 Å². The summed E-state index contributed by atoms with van der Waals surface area (Å²) >= 11 is 0. The van der Waals surface area contributed by atoms with Crippen LogP contribution in [0.1, 0.15) is 62.0 Å². The molecule has 2 aliphatic rings. The fourth-order valence-corrected chi connectivity index (χ4v) is 4.70. The summed E-state index contributed by atoms with van der Waals surface area (Å²) in [7, 11) is 0. The van der Waals surface area contributed by atoms with E-state index in [1.807, 2.05) is 40.1 Å². The van der Waals surface area contributed by atoms with Crippen LogP contribution in [0.25, 0.3) is 10.9 Å². The van der Waals surface area contributed by atoms with E-state index < -0.39 is 0 Å². The maximum absolute atomic E-state index is 13.4. The van der Waals surface area contributed by atoms with Crippen LogP contribution in [0.4, 0.5) is 0 Å². The van der Waals surface area contributed by atoms with Crippen molar-refractivity contribution in [2.75, 3.05) is 39.3 Å². The molecule has 0 aliphatic carbocycles. The fraction of sp³-hybridized carbons (Fsp3) is 0.560. The quantitative estimate of drug-likeness (QED) is 0.757. The van der Waals surface area contributed by atoms with Gasteiger partial charge >= 0.3 is 0 Å². The van der Waals surface area contributed by atoms with Crippen molar-refractivity contribution in [2.45, 2.75) is 52.0 Å². The van der Waals surface area contributed by atoms with Crippen molar-refractivity contribution in [3.8, 4) is 0 Å². The van der Waals surface area contributed by atoms with Gasteiger partial charge in [-0.05, 0) is 44.2 Å². The monoisotopic (exact) mass is 422 g/mol. The van der Waals surface area contributed by atoms with Crippen LogP contribution < -0.4 is 0 Å². The third kappa shape index (κ3) is 4.74. The Morgan fingerprint density at radius 2 is 1.81 bits per heavy atom. The summed E-state index contributed by atoms with van der Waals surface area (Å²) in [4.78, 5) is 37.1. The van der Waals surface area contributed by atoms with Gasteiger partial charge < -0.3 is 9.80 Å². The third-order valence-electron chi connectivity index (χ3n) is 6.70. The van der Waals surface area contributed by atoms with E-state index in [4.69, 9.17) is 4.98 Å². The lowest BCUT2D eigenvalue weighted by atomic mass is 10.0. The lowest BCUT2D eigenvalue weighted by molar-refractivity contribution is -0.136. The molecule has 6 heteroatoms. The summed E-state index contributed by atoms with van der Waals surface area (Å²) in [5.41, 5.74) is 2.56. The van der Waals surface area contributed by atoms with Gasteiger partial charge in [0.15, 0.2) is 0 Å². The number of benzene rings is 1. The molecule has 0 spiro atoms. The normalized spacial score (nSPS) is 20.5. The second kappa shape index (κ2) is 9.35.